The zero-order chi connectivity index (χ0) is 22.2. The maximum atomic E-state index is 6.89. The number of rotatable bonds is 3. The topological polar surface area (TPSA) is 0 Å². The molecule has 0 unspecified atom stereocenters. The van der Waals surface area contributed by atoms with Crippen LogP contribution in [0.3, 0.4) is 0 Å². The van der Waals surface area contributed by atoms with Gasteiger partial charge in [0.05, 0.1) is 0 Å². The lowest BCUT2D eigenvalue weighted by Gasteiger charge is -2.19. The van der Waals surface area contributed by atoms with Gasteiger partial charge in [0.15, 0.2) is 0 Å². The van der Waals surface area contributed by atoms with Crippen molar-refractivity contribution in [1.82, 2.24) is 0 Å². The third-order valence-corrected chi connectivity index (χ3v) is 6.65. The van der Waals surface area contributed by atoms with Crippen molar-refractivity contribution in [3.63, 3.8) is 0 Å². The van der Waals surface area contributed by atoms with Crippen molar-refractivity contribution < 1.29 is 0 Å². The van der Waals surface area contributed by atoms with Crippen LogP contribution in [0.5, 0.6) is 0 Å². The average Bonchev–Trinajstić information content (AvgIpc) is 2.89. The fourth-order valence-corrected chi connectivity index (χ4v) is 5.14. The first kappa shape index (κ1) is 19.8. The van der Waals surface area contributed by atoms with E-state index in [-0.39, 0.29) is 0 Å². The third-order valence-electron chi connectivity index (χ3n) is 6.34. The largest absolute Gasteiger partial charge is 0.0836 e. The zero-order valence-corrected chi connectivity index (χ0v) is 18.8. The lowest BCUT2D eigenvalue weighted by Crippen LogP contribution is -1.93. The molecule has 0 aliphatic heterocycles. The van der Waals surface area contributed by atoms with Crippen LogP contribution in [0.4, 0.5) is 0 Å². The van der Waals surface area contributed by atoms with E-state index in [1.165, 1.54) is 32.7 Å². The van der Waals surface area contributed by atoms with Gasteiger partial charge in [-0.15, -0.1) is 0 Å². The lowest BCUT2D eigenvalue weighted by molar-refractivity contribution is 1.57. The maximum absolute atomic E-state index is 6.89. The van der Waals surface area contributed by atoms with E-state index in [0.717, 1.165) is 27.3 Å². The molecule has 0 fully saturated rings. The number of fused-ring (bicyclic) bond motifs is 3. The van der Waals surface area contributed by atoms with Gasteiger partial charge in [-0.3, -0.25) is 0 Å². The minimum Gasteiger partial charge on any atom is -0.0836 e. The maximum Gasteiger partial charge on any atom is 0.0491 e. The molecule has 6 aromatic rings. The van der Waals surface area contributed by atoms with Crippen molar-refractivity contribution in [2.24, 2.45) is 0 Å². The number of hydrogen-bond acceptors (Lipinski definition) is 0. The molecule has 0 nitrogen and oxygen atoms in total. The van der Waals surface area contributed by atoms with E-state index in [1.54, 1.807) is 0 Å². The average molecular weight is 441 g/mol. The Morgan fingerprint density at radius 1 is 0.394 bits per heavy atom. The van der Waals surface area contributed by atoms with Gasteiger partial charge in [0.2, 0.25) is 0 Å². The highest BCUT2D eigenvalue weighted by Crippen LogP contribution is 2.46. The van der Waals surface area contributed by atoms with Gasteiger partial charge in [0.1, 0.15) is 0 Å². The van der Waals surface area contributed by atoms with Crippen LogP contribution < -0.4 is 0 Å². The second-order valence-electron chi connectivity index (χ2n) is 8.27. The van der Waals surface area contributed by atoms with Crippen molar-refractivity contribution in [1.29, 1.82) is 0 Å². The van der Waals surface area contributed by atoms with E-state index < -0.39 is 0 Å². The molecule has 0 heterocycles. The van der Waals surface area contributed by atoms with Crippen LogP contribution in [0.15, 0.2) is 127 Å². The fourth-order valence-electron chi connectivity index (χ4n) is 4.88. The molecule has 33 heavy (non-hydrogen) atoms. The van der Waals surface area contributed by atoms with E-state index in [0.29, 0.717) is 0 Å². The van der Waals surface area contributed by atoms with Gasteiger partial charge in [0, 0.05) is 10.6 Å². The predicted octanol–water partition coefficient (Wildman–Crippen LogP) is 9.65. The fraction of sp³-hybridized carbons (Fsp3) is 0. The predicted molar refractivity (Wildman–Crippen MR) is 143 cm³/mol. The van der Waals surface area contributed by atoms with Crippen LogP contribution in [0.2, 0.25) is 5.02 Å². The second kappa shape index (κ2) is 8.24. The molecule has 0 aromatic heterocycles. The summed E-state index contributed by atoms with van der Waals surface area (Å²) in [6, 6.07) is 44.9. The summed E-state index contributed by atoms with van der Waals surface area (Å²) in [6.07, 6.45) is 0. The van der Waals surface area contributed by atoms with Gasteiger partial charge in [0.25, 0.3) is 0 Å². The summed E-state index contributed by atoms with van der Waals surface area (Å²) < 4.78 is 0. The second-order valence-corrected chi connectivity index (χ2v) is 8.67. The summed E-state index contributed by atoms with van der Waals surface area (Å²) in [5, 5.41) is 5.78. The standard InChI is InChI=1S/C32H21Cl/c33-29-21-20-28(27-17-9-15-25-19-18-22-10-7-8-16-26(22)30(25)27)31(23-11-3-1-4-12-23)32(29)24-13-5-2-6-14-24/h1-21H. The molecular weight excluding hydrogens is 420 g/mol. The Balaban J connectivity index is 1.77. The number of benzene rings is 6. The molecule has 0 atom stereocenters. The van der Waals surface area contributed by atoms with Crippen molar-refractivity contribution in [3.05, 3.63) is 132 Å². The molecule has 0 N–H and O–H groups in total. The monoisotopic (exact) mass is 440 g/mol. The zero-order valence-electron chi connectivity index (χ0n) is 18.0. The van der Waals surface area contributed by atoms with Crippen molar-refractivity contribution in [3.8, 4) is 33.4 Å². The Bertz CT molecular complexity index is 1600. The Hall–Kier alpha value is -3.87. The third kappa shape index (κ3) is 3.40. The SMILES string of the molecule is Clc1ccc(-c2cccc3ccc4ccccc4c23)c(-c2ccccc2)c1-c1ccccc1. The van der Waals surface area contributed by atoms with Gasteiger partial charge in [-0.1, -0.05) is 133 Å². The van der Waals surface area contributed by atoms with Gasteiger partial charge >= 0.3 is 0 Å². The van der Waals surface area contributed by atoms with Crippen LogP contribution >= 0.6 is 11.6 Å². The van der Waals surface area contributed by atoms with E-state index in [9.17, 15) is 0 Å². The molecule has 1 heteroatoms. The molecule has 6 rings (SSSR count). The van der Waals surface area contributed by atoms with Gasteiger partial charge in [-0.05, 0) is 55.4 Å². The highest BCUT2D eigenvalue weighted by Gasteiger charge is 2.19. The summed E-state index contributed by atoms with van der Waals surface area (Å²) >= 11 is 6.89. The van der Waals surface area contributed by atoms with Crippen LogP contribution in [0.25, 0.3) is 54.9 Å². The Labute approximate surface area is 198 Å². The molecule has 0 aliphatic rings. The van der Waals surface area contributed by atoms with E-state index in [2.05, 4.69) is 115 Å². The van der Waals surface area contributed by atoms with E-state index in [4.69, 9.17) is 11.6 Å². The lowest BCUT2D eigenvalue weighted by atomic mass is 9.85. The number of hydrogen-bond donors (Lipinski definition) is 0. The first-order valence-electron chi connectivity index (χ1n) is 11.2. The molecule has 0 spiro atoms. The smallest absolute Gasteiger partial charge is 0.0491 e. The van der Waals surface area contributed by atoms with Crippen molar-refractivity contribution >= 4 is 33.1 Å². The summed E-state index contributed by atoms with van der Waals surface area (Å²) in [6.45, 7) is 0. The highest BCUT2D eigenvalue weighted by molar-refractivity contribution is 6.34. The Morgan fingerprint density at radius 2 is 1.00 bits per heavy atom. The summed E-state index contributed by atoms with van der Waals surface area (Å²) in [4.78, 5) is 0. The molecule has 0 saturated heterocycles. The van der Waals surface area contributed by atoms with E-state index >= 15 is 0 Å². The van der Waals surface area contributed by atoms with Gasteiger partial charge < -0.3 is 0 Å². The van der Waals surface area contributed by atoms with Crippen LogP contribution in [-0.4, -0.2) is 0 Å². The summed E-state index contributed by atoms with van der Waals surface area (Å²) in [5.74, 6) is 0. The van der Waals surface area contributed by atoms with Gasteiger partial charge in [-0.2, -0.15) is 0 Å². The van der Waals surface area contributed by atoms with Crippen LogP contribution in [0, 0.1) is 0 Å². The van der Waals surface area contributed by atoms with Crippen molar-refractivity contribution in [2.45, 2.75) is 0 Å². The molecular formula is C32H21Cl. The van der Waals surface area contributed by atoms with Gasteiger partial charge in [-0.25, -0.2) is 0 Å². The highest BCUT2D eigenvalue weighted by atomic mass is 35.5. The first-order valence-corrected chi connectivity index (χ1v) is 11.5. The summed E-state index contributed by atoms with van der Waals surface area (Å²) in [7, 11) is 0. The molecule has 0 bridgehead atoms. The molecule has 156 valence electrons. The van der Waals surface area contributed by atoms with Crippen LogP contribution in [-0.2, 0) is 0 Å². The molecule has 0 amide bonds. The van der Waals surface area contributed by atoms with E-state index in [1.807, 2.05) is 12.1 Å². The summed E-state index contributed by atoms with van der Waals surface area (Å²) in [5.41, 5.74) is 6.91. The minimum absolute atomic E-state index is 0.758. The normalized spacial score (nSPS) is 11.2. The Morgan fingerprint density at radius 3 is 1.76 bits per heavy atom. The molecule has 0 saturated carbocycles. The first-order chi connectivity index (χ1) is 16.3. The van der Waals surface area contributed by atoms with Crippen molar-refractivity contribution in [2.75, 3.05) is 0 Å². The molecule has 0 radical (unpaired) electrons. The minimum atomic E-state index is 0.758. The van der Waals surface area contributed by atoms with Crippen LogP contribution in [0.1, 0.15) is 0 Å². The quantitative estimate of drug-likeness (QED) is 0.240. The number of halogens is 1. The Kier molecular flexibility index (Phi) is 4.94. The molecule has 0 aliphatic carbocycles. The molecule has 6 aromatic carbocycles.